The first-order chi connectivity index (χ1) is 10.1. The molecule has 6 heteroatoms. The zero-order chi connectivity index (χ0) is 15.2. The third-order valence-electron chi connectivity index (χ3n) is 3.56. The van der Waals surface area contributed by atoms with E-state index in [-0.39, 0.29) is 10.9 Å². The second kappa shape index (κ2) is 7.73. The summed E-state index contributed by atoms with van der Waals surface area (Å²) in [6.07, 6.45) is 1.04. The van der Waals surface area contributed by atoms with E-state index in [1.807, 2.05) is 6.92 Å². The molecule has 0 aliphatic carbocycles. The Morgan fingerprint density at radius 3 is 3.00 bits per heavy atom. The summed E-state index contributed by atoms with van der Waals surface area (Å²) in [6.45, 7) is 5.53. The lowest BCUT2D eigenvalue weighted by atomic mass is 10.1. The average molecular weight is 315 g/mol. The number of nitrogens with one attached hydrogen (secondary N) is 1. The predicted molar refractivity (Wildman–Crippen MR) is 81.1 cm³/mol. The minimum absolute atomic E-state index is 0.149. The van der Waals surface area contributed by atoms with Gasteiger partial charge < -0.3 is 10.1 Å². The van der Waals surface area contributed by atoms with Crippen molar-refractivity contribution in [3.63, 3.8) is 0 Å². The SMILES string of the molecule is CCN(CC(=O)Nc1ccc(F)cc1Cl)C[C@@H]1CCOC1. The molecule has 1 aromatic rings. The maximum absolute atomic E-state index is 13.0. The average Bonchev–Trinajstić information content (AvgIpc) is 2.94. The number of hydrogen-bond acceptors (Lipinski definition) is 3. The van der Waals surface area contributed by atoms with Gasteiger partial charge in [0.15, 0.2) is 0 Å². The summed E-state index contributed by atoms with van der Waals surface area (Å²) in [5.74, 6) is -0.0779. The molecule has 1 fully saturated rings. The molecule has 1 aromatic carbocycles. The highest BCUT2D eigenvalue weighted by atomic mass is 35.5. The van der Waals surface area contributed by atoms with Gasteiger partial charge in [-0.05, 0) is 37.1 Å². The second-order valence-corrected chi connectivity index (χ2v) is 5.64. The summed E-state index contributed by atoms with van der Waals surface area (Å²) in [6, 6.07) is 3.93. The van der Waals surface area contributed by atoms with Gasteiger partial charge in [-0.3, -0.25) is 9.69 Å². The Balaban J connectivity index is 1.86. The van der Waals surface area contributed by atoms with Crippen molar-refractivity contribution in [2.24, 2.45) is 5.92 Å². The minimum Gasteiger partial charge on any atom is -0.381 e. The Bertz CT molecular complexity index is 493. The largest absolute Gasteiger partial charge is 0.381 e. The van der Waals surface area contributed by atoms with Crippen molar-refractivity contribution < 1.29 is 13.9 Å². The van der Waals surface area contributed by atoms with Crippen LogP contribution in [0.2, 0.25) is 5.02 Å². The molecule has 116 valence electrons. The standard InChI is InChI=1S/C15H20ClFN2O2/c1-2-19(8-11-5-6-21-10-11)9-15(20)18-14-4-3-12(17)7-13(14)16/h3-4,7,11H,2,5-6,8-10H2,1H3,(H,18,20)/t11-/m0/s1. The summed E-state index contributed by atoms with van der Waals surface area (Å²) in [7, 11) is 0. The van der Waals surface area contributed by atoms with Crippen LogP contribution in [0.1, 0.15) is 13.3 Å². The van der Waals surface area contributed by atoms with Gasteiger partial charge in [-0.2, -0.15) is 0 Å². The summed E-state index contributed by atoms with van der Waals surface area (Å²) < 4.78 is 18.3. The molecule has 0 spiro atoms. The van der Waals surface area contributed by atoms with Gasteiger partial charge in [-0.15, -0.1) is 0 Å². The second-order valence-electron chi connectivity index (χ2n) is 5.23. The molecule has 1 aliphatic heterocycles. The van der Waals surface area contributed by atoms with E-state index in [0.29, 0.717) is 18.2 Å². The molecule has 1 aliphatic rings. The van der Waals surface area contributed by atoms with Crippen LogP contribution >= 0.6 is 11.6 Å². The van der Waals surface area contributed by atoms with Gasteiger partial charge in [-0.25, -0.2) is 4.39 Å². The number of benzene rings is 1. The fourth-order valence-corrected chi connectivity index (χ4v) is 2.60. The maximum atomic E-state index is 13.0. The van der Waals surface area contributed by atoms with Gasteiger partial charge in [0.05, 0.1) is 23.9 Å². The van der Waals surface area contributed by atoms with Crippen molar-refractivity contribution in [3.8, 4) is 0 Å². The Kier molecular flexibility index (Phi) is 5.96. The normalized spacial score (nSPS) is 18.2. The molecule has 0 saturated carbocycles. The Labute approximate surface area is 129 Å². The minimum atomic E-state index is -0.422. The fraction of sp³-hybridized carbons (Fsp3) is 0.533. The van der Waals surface area contributed by atoms with Crippen LogP contribution in [0.15, 0.2) is 18.2 Å². The number of anilines is 1. The van der Waals surface area contributed by atoms with Gasteiger partial charge in [0.1, 0.15) is 5.82 Å². The molecule has 21 heavy (non-hydrogen) atoms. The first-order valence-corrected chi connectivity index (χ1v) is 7.51. The third-order valence-corrected chi connectivity index (χ3v) is 3.87. The highest BCUT2D eigenvalue weighted by molar-refractivity contribution is 6.33. The Hall–Kier alpha value is -1.17. The van der Waals surface area contributed by atoms with Crippen molar-refractivity contribution >= 4 is 23.2 Å². The number of amides is 1. The lowest BCUT2D eigenvalue weighted by molar-refractivity contribution is -0.117. The first-order valence-electron chi connectivity index (χ1n) is 7.13. The first kappa shape index (κ1) is 16.2. The van der Waals surface area contributed by atoms with Gasteiger partial charge in [0.25, 0.3) is 0 Å². The zero-order valence-corrected chi connectivity index (χ0v) is 12.8. The number of carbonyl (C=O) groups is 1. The molecular formula is C15H20ClFN2O2. The van der Waals surface area contributed by atoms with Crippen molar-refractivity contribution in [2.45, 2.75) is 13.3 Å². The summed E-state index contributed by atoms with van der Waals surface area (Å²) in [5, 5.41) is 2.92. The van der Waals surface area contributed by atoms with Crippen LogP contribution in [-0.4, -0.2) is 43.7 Å². The molecule has 0 bridgehead atoms. The van der Waals surface area contributed by atoms with Crippen LogP contribution in [0.4, 0.5) is 10.1 Å². The number of likely N-dealkylation sites (N-methyl/N-ethyl adjacent to an activating group) is 1. The molecule has 4 nitrogen and oxygen atoms in total. The molecule has 2 rings (SSSR count). The molecule has 0 aromatic heterocycles. The van der Waals surface area contributed by atoms with E-state index in [1.54, 1.807) is 0 Å². The lowest BCUT2D eigenvalue weighted by Crippen LogP contribution is -2.36. The van der Waals surface area contributed by atoms with Gasteiger partial charge in [0, 0.05) is 13.2 Å². The Morgan fingerprint density at radius 1 is 1.57 bits per heavy atom. The number of halogens is 2. The smallest absolute Gasteiger partial charge is 0.238 e. The van der Waals surface area contributed by atoms with Gasteiger partial charge >= 0.3 is 0 Å². The van der Waals surface area contributed by atoms with Crippen molar-refractivity contribution in [1.82, 2.24) is 4.90 Å². The Morgan fingerprint density at radius 2 is 2.38 bits per heavy atom. The predicted octanol–water partition coefficient (Wildman–Crippen LogP) is 2.78. The zero-order valence-electron chi connectivity index (χ0n) is 12.1. The summed E-state index contributed by atoms with van der Waals surface area (Å²) >= 11 is 5.90. The number of ether oxygens (including phenoxy) is 1. The molecule has 1 saturated heterocycles. The van der Waals surface area contributed by atoms with Gasteiger partial charge in [-0.1, -0.05) is 18.5 Å². The van der Waals surface area contributed by atoms with E-state index in [4.69, 9.17) is 16.3 Å². The molecule has 1 N–H and O–H groups in total. The number of nitrogens with zero attached hydrogens (tertiary/aromatic N) is 1. The van der Waals surface area contributed by atoms with Crippen LogP contribution < -0.4 is 5.32 Å². The fourth-order valence-electron chi connectivity index (χ4n) is 2.38. The number of hydrogen-bond donors (Lipinski definition) is 1. The summed E-state index contributed by atoms with van der Waals surface area (Å²) in [5.41, 5.74) is 0.434. The quantitative estimate of drug-likeness (QED) is 0.878. The molecule has 1 amide bonds. The topological polar surface area (TPSA) is 41.6 Å². The van der Waals surface area contributed by atoms with E-state index in [2.05, 4.69) is 10.2 Å². The van der Waals surface area contributed by atoms with Crippen LogP contribution in [0.5, 0.6) is 0 Å². The van der Waals surface area contributed by atoms with Crippen molar-refractivity contribution in [3.05, 3.63) is 29.0 Å². The summed E-state index contributed by atoms with van der Waals surface area (Å²) in [4.78, 5) is 14.1. The molecule has 1 atom stereocenters. The van der Waals surface area contributed by atoms with E-state index >= 15 is 0 Å². The van der Waals surface area contributed by atoms with E-state index in [0.717, 1.165) is 32.7 Å². The van der Waals surface area contributed by atoms with Crippen LogP contribution in [0.3, 0.4) is 0 Å². The van der Waals surface area contributed by atoms with Crippen LogP contribution in [0, 0.1) is 11.7 Å². The van der Waals surface area contributed by atoms with Crippen molar-refractivity contribution in [1.29, 1.82) is 0 Å². The van der Waals surface area contributed by atoms with Crippen molar-refractivity contribution in [2.75, 3.05) is 38.2 Å². The lowest BCUT2D eigenvalue weighted by Gasteiger charge is -2.22. The maximum Gasteiger partial charge on any atom is 0.238 e. The number of rotatable bonds is 6. The van der Waals surface area contributed by atoms with Crippen LogP contribution in [0.25, 0.3) is 0 Å². The molecule has 0 unspecified atom stereocenters. The van der Waals surface area contributed by atoms with Crippen LogP contribution in [-0.2, 0) is 9.53 Å². The monoisotopic (exact) mass is 314 g/mol. The highest BCUT2D eigenvalue weighted by Gasteiger charge is 2.20. The van der Waals surface area contributed by atoms with E-state index in [9.17, 15) is 9.18 Å². The van der Waals surface area contributed by atoms with E-state index < -0.39 is 5.82 Å². The van der Waals surface area contributed by atoms with Gasteiger partial charge in [0.2, 0.25) is 5.91 Å². The molecule has 0 radical (unpaired) electrons. The number of carbonyl (C=O) groups excluding carboxylic acids is 1. The highest BCUT2D eigenvalue weighted by Crippen LogP contribution is 2.22. The third kappa shape index (κ3) is 4.95. The molecule has 1 heterocycles. The van der Waals surface area contributed by atoms with E-state index in [1.165, 1.54) is 18.2 Å². The molecular weight excluding hydrogens is 295 g/mol.